The molecule has 33 heavy (non-hydrogen) atoms. The zero-order chi connectivity index (χ0) is 22.5. The van der Waals surface area contributed by atoms with Gasteiger partial charge < -0.3 is 10.2 Å². The van der Waals surface area contributed by atoms with Gasteiger partial charge in [-0.25, -0.2) is 9.67 Å². The summed E-state index contributed by atoms with van der Waals surface area (Å²) in [6.07, 6.45) is 12.4. The van der Waals surface area contributed by atoms with E-state index in [1.165, 1.54) is 0 Å². The summed E-state index contributed by atoms with van der Waals surface area (Å²) in [5.41, 5.74) is 3.74. The lowest BCUT2D eigenvalue weighted by atomic mass is 9.97. The molecule has 1 N–H and O–H groups in total. The molecular formula is C25H25N7O. The number of hydrogen-bond donors (Lipinski definition) is 1. The summed E-state index contributed by atoms with van der Waals surface area (Å²) in [6.45, 7) is 1.94. The van der Waals surface area contributed by atoms with Crippen molar-refractivity contribution >= 4 is 11.7 Å². The van der Waals surface area contributed by atoms with E-state index in [-0.39, 0.29) is 11.8 Å². The molecule has 4 aromatic rings. The van der Waals surface area contributed by atoms with Crippen molar-refractivity contribution in [2.75, 3.05) is 18.0 Å². The van der Waals surface area contributed by atoms with Crippen molar-refractivity contribution < 1.29 is 4.79 Å². The van der Waals surface area contributed by atoms with Crippen LogP contribution in [0, 0.1) is 5.92 Å². The normalized spacial score (nSPS) is 15.9. The number of rotatable bonds is 6. The largest absolute Gasteiger partial charge is 0.355 e. The van der Waals surface area contributed by atoms with Crippen molar-refractivity contribution in [3.05, 3.63) is 85.2 Å². The van der Waals surface area contributed by atoms with Crippen molar-refractivity contribution in [2.24, 2.45) is 5.92 Å². The van der Waals surface area contributed by atoms with E-state index >= 15 is 0 Å². The Kier molecular flexibility index (Phi) is 6.06. The molecule has 0 bridgehead atoms. The highest BCUT2D eigenvalue weighted by Crippen LogP contribution is 2.24. The van der Waals surface area contributed by atoms with Gasteiger partial charge >= 0.3 is 0 Å². The van der Waals surface area contributed by atoms with Crippen LogP contribution in [0.25, 0.3) is 16.9 Å². The van der Waals surface area contributed by atoms with Crippen LogP contribution in [0.2, 0.25) is 0 Å². The van der Waals surface area contributed by atoms with E-state index in [0.29, 0.717) is 13.1 Å². The molecule has 8 nitrogen and oxygen atoms in total. The van der Waals surface area contributed by atoms with E-state index in [2.05, 4.69) is 25.2 Å². The van der Waals surface area contributed by atoms with Gasteiger partial charge in [-0.15, -0.1) is 0 Å². The van der Waals surface area contributed by atoms with Gasteiger partial charge in [0, 0.05) is 61.7 Å². The lowest BCUT2D eigenvalue weighted by molar-refractivity contribution is -0.125. The fraction of sp³-hybridized carbons (Fsp3) is 0.240. The third-order valence-electron chi connectivity index (χ3n) is 5.88. The van der Waals surface area contributed by atoms with Gasteiger partial charge in [0.15, 0.2) is 0 Å². The topological polar surface area (TPSA) is 88.8 Å². The molecule has 166 valence electrons. The molecule has 1 amide bonds. The van der Waals surface area contributed by atoms with Crippen molar-refractivity contribution in [3.63, 3.8) is 0 Å². The zero-order valence-electron chi connectivity index (χ0n) is 18.2. The highest BCUT2D eigenvalue weighted by Gasteiger charge is 2.27. The van der Waals surface area contributed by atoms with E-state index in [1.807, 2.05) is 53.3 Å². The van der Waals surface area contributed by atoms with E-state index in [4.69, 9.17) is 5.10 Å². The number of pyridine rings is 1. The fourth-order valence-electron chi connectivity index (χ4n) is 4.19. The molecule has 0 aliphatic carbocycles. The molecule has 0 saturated carbocycles. The van der Waals surface area contributed by atoms with E-state index in [9.17, 15) is 4.79 Å². The number of nitrogens with zero attached hydrogens (tertiary/aromatic N) is 6. The summed E-state index contributed by atoms with van der Waals surface area (Å²) >= 11 is 0. The second-order valence-corrected chi connectivity index (χ2v) is 8.09. The van der Waals surface area contributed by atoms with Crippen LogP contribution in [-0.2, 0) is 11.3 Å². The molecule has 1 aliphatic rings. The predicted octanol–water partition coefficient (Wildman–Crippen LogP) is 3.26. The molecule has 0 radical (unpaired) electrons. The Labute approximate surface area is 192 Å². The number of carbonyl (C=O) groups is 1. The van der Waals surface area contributed by atoms with Crippen molar-refractivity contribution in [1.82, 2.24) is 30.0 Å². The Hall–Kier alpha value is -4.07. The first-order valence-electron chi connectivity index (χ1n) is 11.1. The maximum atomic E-state index is 13.1. The zero-order valence-corrected chi connectivity index (χ0v) is 18.2. The standard InChI is InChI=1S/C25H25N7O/c33-25(20-5-4-14-31(17-20)23-16-27-12-13-28-23)29-15-21-18-32(22-6-2-1-3-7-22)30-24(21)19-8-10-26-11-9-19/h1-3,6-13,16,18,20H,4-5,14-15,17H2,(H,29,33). The molecule has 1 aromatic carbocycles. The average Bonchev–Trinajstić information content (AvgIpc) is 3.33. The Morgan fingerprint density at radius 3 is 2.67 bits per heavy atom. The van der Waals surface area contributed by atoms with Gasteiger partial charge in [-0.3, -0.25) is 14.8 Å². The van der Waals surface area contributed by atoms with Crippen LogP contribution in [0.5, 0.6) is 0 Å². The molecular weight excluding hydrogens is 414 g/mol. The summed E-state index contributed by atoms with van der Waals surface area (Å²) in [5.74, 6) is 0.783. The molecule has 1 aliphatic heterocycles. The van der Waals surface area contributed by atoms with Crippen LogP contribution < -0.4 is 10.2 Å². The number of carbonyl (C=O) groups excluding carboxylic acids is 1. The van der Waals surface area contributed by atoms with Gasteiger partial charge in [0.1, 0.15) is 5.82 Å². The minimum absolute atomic E-state index is 0.0525. The van der Waals surface area contributed by atoms with Gasteiger partial charge in [0.25, 0.3) is 0 Å². The molecule has 4 heterocycles. The Bertz CT molecular complexity index is 1200. The highest BCUT2D eigenvalue weighted by atomic mass is 16.1. The fourth-order valence-corrected chi connectivity index (χ4v) is 4.19. The maximum Gasteiger partial charge on any atom is 0.225 e. The smallest absolute Gasteiger partial charge is 0.225 e. The number of hydrogen-bond acceptors (Lipinski definition) is 6. The van der Waals surface area contributed by atoms with E-state index in [1.54, 1.807) is 31.0 Å². The lowest BCUT2D eigenvalue weighted by Crippen LogP contribution is -2.43. The third-order valence-corrected chi connectivity index (χ3v) is 5.88. The van der Waals surface area contributed by atoms with Crippen molar-refractivity contribution in [3.8, 4) is 16.9 Å². The average molecular weight is 440 g/mol. The van der Waals surface area contributed by atoms with E-state index < -0.39 is 0 Å². The highest BCUT2D eigenvalue weighted by molar-refractivity contribution is 5.79. The molecule has 0 spiro atoms. The molecule has 1 saturated heterocycles. The number of amides is 1. The number of nitrogens with one attached hydrogen (secondary N) is 1. The van der Waals surface area contributed by atoms with Gasteiger partial charge in [0.05, 0.1) is 23.5 Å². The minimum Gasteiger partial charge on any atom is -0.355 e. The molecule has 1 fully saturated rings. The van der Waals surface area contributed by atoms with Crippen molar-refractivity contribution in [2.45, 2.75) is 19.4 Å². The summed E-state index contributed by atoms with van der Waals surface area (Å²) in [4.78, 5) is 27.8. The third kappa shape index (κ3) is 4.74. The Morgan fingerprint density at radius 1 is 1.03 bits per heavy atom. The second-order valence-electron chi connectivity index (χ2n) is 8.09. The van der Waals surface area contributed by atoms with Crippen LogP contribution in [0.1, 0.15) is 18.4 Å². The first-order valence-corrected chi connectivity index (χ1v) is 11.1. The quantitative estimate of drug-likeness (QED) is 0.496. The number of piperidine rings is 1. The number of para-hydroxylation sites is 1. The van der Waals surface area contributed by atoms with Crippen LogP contribution >= 0.6 is 0 Å². The van der Waals surface area contributed by atoms with Gasteiger partial charge in [-0.1, -0.05) is 18.2 Å². The molecule has 1 unspecified atom stereocenters. The van der Waals surface area contributed by atoms with Crippen molar-refractivity contribution in [1.29, 1.82) is 0 Å². The van der Waals surface area contributed by atoms with Crippen LogP contribution in [0.15, 0.2) is 79.6 Å². The monoisotopic (exact) mass is 439 g/mol. The number of aromatic nitrogens is 5. The SMILES string of the molecule is O=C(NCc1cn(-c2ccccc2)nc1-c1ccncc1)C1CCCN(c2cnccn2)C1. The second kappa shape index (κ2) is 9.60. The van der Waals surface area contributed by atoms with Crippen LogP contribution in [0.3, 0.4) is 0 Å². The predicted molar refractivity (Wildman–Crippen MR) is 126 cm³/mol. The summed E-state index contributed by atoms with van der Waals surface area (Å²) < 4.78 is 1.85. The van der Waals surface area contributed by atoms with Crippen LogP contribution in [-0.4, -0.2) is 43.7 Å². The van der Waals surface area contributed by atoms with Gasteiger partial charge in [-0.05, 0) is 37.1 Å². The summed E-state index contributed by atoms with van der Waals surface area (Å²) in [5, 5.41) is 7.95. The number of anilines is 1. The summed E-state index contributed by atoms with van der Waals surface area (Å²) in [6, 6.07) is 13.8. The maximum absolute atomic E-state index is 13.1. The number of benzene rings is 1. The molecule has 1 atom stereocenters. The lowest BCUT2D eigenvalue weighted by Gasteiger charge is -2.32. The first kappa shape index (κ1) is 20.8. The van der Waals surface area contributed by atoms with Crippen LogP contribution in [0.4, 0.5) is 5.82 Å². The summed E-state index contributed by atoms with van der Waals surface area (Å²) in [7, 11) is 0. The Morgan fingerprint density at radius 2 is 1.88 bits per heavy atom. The molecule has 8 heteroatoms. The Balaban J connectivity index is 1.32. The van der Waals surface area contributed by atoms with Gasteiger partial charge in [-0.2, -0.15) is 5.10 Å². The molecule has 5 rings (SSSR count). The first-order chi connectivity index (χ1) is 16.3. The minimum atomic E-state index is -0.0886. The molecule has 3 aromatic heterocycles. The van der Waals surface area contributed by atoms with E-state index in [0.717, 1.165) is 47.7 Å². The van der Waals surface area contributed by atoms with Gasteiger partial charge in [0.2, 0.25) is 5.91 Å².